The molecule has 3 aromatic rings. The lowest BCUT2D eigenvalue weighted by atomic mass is 10.1. The van der Waals surface area contributed by atoms with Gasteiger partial charge in [0.2, 0.25) is 0 Å². The number of nitrogens with zero attached hydrogens (tertiary/aromatic N) is 3. The maximum atomic E-state index is 12.9. The maximum Gasteiger partial charge on any atom is 0.260 e. The third kappa shape index (κ3) is 1.96. The number of benzene rings is 1. The molecule has 0 bridgehead atoms. The normalized spacial score (nSPS) is 13.4. The molecule has 0 fully saturated rings. The van der Waals surface area contributed by atoms with Crippen LogP contribution in [0.2, 0.25) is 0 Å². The average Bonchev–Trinajstić information content (AvgIpc) is 2.97. The highest BCUT2D eigenvalue weighted by Crippen LogP contribution is 2.29. The van der Waals surface area contributed by atoms with E-state index in [1.807, 2.05) is 42.2 Å². The Kier molecular flexibility index (Phi) is 2.89. The monoisotopic (exact) mass is 289 g/mol. The SMILES string of the molecule is Cc1nc2ccncc2cc1C(=O)N1CCc2ccccc21. The van der Waals surface area contributed by atoms with Crippen LogP contribution in [0.4, 0.5) is 5.69 Å². The van der Waals surface area contributed by atoms with E-state index in [4.69, 9.17) is 0 Å². The van der Waals surface area contributed by atoms with Gasteiger partial charge < -0.3 is 4.90 Å². The second kappa shape index (κ2) is 4.91. The Morgan fingerprint density at radius 2 is 2.09 bits per heavy atom. The second-order valence-electron chi connectivity index (χ2n) is 5.53. The van der Waals surface area contributed by atoms with Crippen molar-refractivity contribution >= 4 is 22.5 Å². The summed E-state index contributed by atoms with van der Waals surface area (Å²) in [6.45, 7) is 2.61. The van der Waals surface area contributed by atoms with Crippen LogP contribution in [0.15, 0.2) is 48.8 Å². The van der Waals surface area contributed by atoms with Crippen LogP contribution >= 0.6 is 0 Å². The van der Waals surface area contributed by atoms with E-state index in [1.165, 1.54) is 5.56 Å². The van der Waals surface area contributed by atoms with Crippen molar-refractivity contribution in [2.24, 2.45) is 0 Å². The molecular weight excluding hydrogens is 274 g/mol. The molecule has 1 aliphatic heterocycles. The fourth-order valence-electron chi connectivity index (χ4n) is 3.02. The number of pyridine rings is 2. The molecule has 1 aromatic carbocycles. The molecule has 0 unspecified atom stereocenters. The molecule has 1 aliphatic rings. The summed E-state index contributed by atoms with van der Waals surface area (Å²) in [5, 5.41) is 0.893. The first-order valence-electron chi connectivity index (χ1n) is 7.35. The topological polar surface area (TPSA) is 46.1 Å². The quantitative estimate of drug-likeness (QED) is 0.691. The highest BCUT2D eigenvalue weighted by Gasteiger charge is 2.26. The van der Waals surface area contributed by atoms with E-state index in [0.717, 1.165) is 35.2 Å². The number of amides is 1. The zero-order valence-electron chi connectivity index (χ0n) is 12.3. The van der Waals surface area contributed by atoms with Gasteiger partial charge in [-0.15, -0.1) is 0 Å². The summed E-state index contributed by atoms with van der Waals surface area (Å²) in [6, 6.07) is 11.8. The van der Waals surface area contributed by atoms with Crippen molar-refractivity contribution in [3.8, 4) is 0 Å². The summed E-state index contributed by atoms with van der Waals surface area (Å²) in [7, 11) is 0. The van der Waals surface area contributed by atoms with Crippen LogP contribution in [-0.4, -0.2) is 22.4 Å². The van der Waals surface area contributed by atoms with Gasteiger partial charge >= 0.3 is 0 Å². The van der Waals surface area contributed by atoms with Crippen molar-refractivity contribution in [3.05, 3.63) is 65.6 Å². The van der Waals surface area contributed by atoms with Gasteiger partial charge in [-0.05, 0) is 37.1 Å². The van der Waals surface area contributed by atoms with E-state index in [1.54, 1.807) is 12.4 Å². The summed E-state index contributed by atoms with van der Waals surface area (Å²) in [6.07, 6.45) is 4.37. The zero-order valence-corrected chi connectivity index (χ0v) is 12.3. The standard InChI is InChI=1S/C18H15N3O/c1-12-15(10-14-11-19-8-6-16(14)20-12)18(22)21-9-7-13-4-2-3-5-17(13)21/h2-6,8,10-11H,7,9H2,1H3. The molecular formula is C18H15N3O. The number of para-hydroxylation sites is 1. The molecule has 0 N–H and O–H groups in total. The molecule has 0 atom stereocenters. The van der Waals surface area contributed by atoms with Crippen molar-refractivity contribution in [3.63, 3.8) is 0 Å². The Labute approximate surface area is 128 Å². The Morgan fingerprint density at radius 1 is 1.23 bits per heavy atom. The molecule has 4 rings (SSSR count). The molecule has 3 heterocycles. The summed E-state index contributed by atoms with van der Waals surface area (Å²) in [4.78, 5) is 23.4. The molecule has 0 saturated carbocycles. The zero-order chi connectivity index (χ0) is 15.1. The highest BCUT2D eigenvalue weighted by atomic mass is 16.2. The first-order chi connectivity index (χ1) is 10.7. The second-order valence-corrected chi connectivity index (χ2v) is 5.53. The summed E-state index contributed by atoms with van der Waals surface area (Å²) in [5.74, 6) is 0.0145. The lowest BCUT2D eigenvalue weighted by Gasteiger charge is -2.18. The van der Waals surface area contributed by atoms with Gasteiger partial charge in [0.25, 0.3) is 5.91 Å². The van der Waals surface area contributed by atoms with E-state index >= 15 is 0 Å². The molecule has 0 saturated heterocycles. The number of hydrogen-bond donors (Lipinski definition) is 0. The summed E-state index contributed by atoms with van der Waals surface area (Å²) >= 11 is 0. The van der Waals surface area contributed by atoms with Crippen molar-refractivity contribution < 1.29 is 4.79 Å². The van der Waals surface area contributed by atoms with E-state index in [2.05, 4.69) is 16.0 Å². The molecule has 2 aromatic heterocycles. The number of carbonyl (C=O) groups is 1. The number of hydrogen-bond acceptors (Lipinski definition) is 3. The molecule has 108 valence electrons. The highest BCUT2D eigenvalue weighted by molar-refractivity contribution is 6.09. The van der Waals surface area contributed by atoms with Gasteiger partial charge in [0.1, 0.15) is 0 Å². The molecule has 4 nitrogen and oxygen atoms in total. The molecule has 1 amide bonds. The van der Waals surface area contributed by atoms with E-state index in [0.29, 0.717) is 5.56 Å². The van der Waals surface area contributed by atoms with E-state index in [-0.39, 0.29) is 5.91 Å². The van der Waals surface area contributed by atoms with Crippen LogP contribution in [0.1, 0.15) is 21.6 Å². The van der Waals surface area contributed by atoms with Gasteiger partial charge in [-0.2, -0.15) is 0 Å². The lowest BCUT2D eigenvalue weighted by Crippen LogP contribution is -2.29. The number of carbonyl (C=O) groups excluding carboxylic acids is 1. The number of rotatable bonds is 1. The first-order valence-corrected chi connectivity index (χ1v) is 7.35. The van der Waals surface area contributed by atoms with E-state index in [9.17, 15) is 4.79 Å². The Bertz CT molecular complexity index is 888. The van der Waals surface area contributed by atoms with Gasteiger partial charge in [0.15, 0.2) is 0 Å². The first kappa shape index (κ1) is 13.0. The third-order valence-corrected chi connectivity index (χ3v) is 4.17. The Morgan fingerprint density at radius 3 is 3.00 bits per heavy atom. The molecule has 22 heavy (non-hydrogen) atoms. The Hall–Kier alpha value is -2.75. The van der Waals surface area contributed by atoms with Crippen LogP contribution in [0.25, 0.3) is 10.9 Å². The predicted octanol–water partition coefficient (Wildman–Crippen LogP) is 3.14. The average molecular weight is 289 g/mol. The van der Waals surface area contributed by atoms with Crippen molar-refractivity contribution in [1.29, 1.82) is 0 Å². The van der Waals surface area contributed by atoms with Crippen LogP contribution in [0, 0.1) is 6.92 Å². The number of aryl methyl sites for hydroxylation is 1. The van der Waals surface area contributed by atoms with Crippen LogP contribution in [-0.2, 0) is 6.42 Å². The molecule has 4 heteroatoms. The van der Waals surface area contributed by atoms with Gasteiger partial charge in [-0.1, -0.05) is 18.2 Å². The number of aromatic nitrogens is 2. The van der Waals surface area contributed by atoms with Gasteiger partial charge in [-0.25, -0.2) is 0 Å². The summed E-state index contributed by atoms with van der Waals surface area (Å²) in [5.41, 5.74) is 4.51. The molecule has 0 aliphatic carbocycles. The largest absolute Gasteiger partial charge is 0.308 e. The summed E-state index contributed by atoms with van der Waals surface area (Å²) < 4.78 is 0. The van der Waals surface area contributed by atoms with Gasteiger partial charge in [-0.3, -0.25) is 14.8 Å². The van der Waals surface area contributed by atoms with Gasteiger partial charge in [0, 0.05) is 30.0 Å². The maximum absolute atomic E-state index is 12.9. The fraction of sp³-hybridized carbons (Fsp3) is 0.167. The minimum atomic E-state index is 0.0145. The minimum Gasteiger partial charge on any atom is -0.308 e. The van der Waals surface area contributed by atoms with Crippen LogP contribution < -0.4 is 4.90 Å². The molecule has 0 radical (unpaired) electrons. The van der Waals surface area contributed by atoms with Crippen molar-refractivity contribution in [2.75, 3.05) is 11.4 Å². The number of anilines is 1. The fourth-order valence-corrected chi connectivity index (χ4v) is 3.02. The number of fused-ring (bicyclic) bond motifs is 2. The van der Waals surface area contributed by atoms with Crippen LogP contribution in [0.5, 0.6) is 0 Å². The van der Waals surface area contributed by atoms with E-state index < -0.39 is 0 Å². The predicted molar refractivity (Wildman–Crippen MR) is 86.1 cm³/mol. The minimum absolute atomic E-state index is 0.0145. The lowest BCUT2D eigenvalue weighted by molar-refractivity contribution is 0.0988. The van der Waals surface area contributed by atoms with Crippen molar-refractivity contribution in [1.82, 2.24) is 9.97 Å². The third-order valence-electron chi connectivity index (χ3n) is 4.17. The Balaban J connectivity index is 1.79. The van der Waals surface area contributed by atoms with Crippen molar-refractivity contribution in [2.45, 2.75) is 13.3 Å². The van der Waals surface area contributed by atoms with Crippen LogP contribution in [0.3, 0.4) is 0 Å². The smallest absolute Gasteiger partial charge is 0.260 e. The molecule has 0 spiro atoms. The van der Waals surface area contributed by atoms with Gasteiger partial charge in [0.05, 0.1) is 16.8 Å².